The lowest BCUT2D eigenvalue weighted by atomic mass is 10.4. The Balaban J connectivity index is 0.000000160. The molecular weight excluding hydrogens is 244 g/mol. The first-order valence-corrected chi connectivity index (χ1v) is 6.25. The van der Waals surface area contributed by atoms with Crippen molar-refractivity contribution in [3.8, 4) is 5.06 Å². The summed E-state index contributed by atoms with van der Waals surface area (Å²) >= 11 is 2.99. The Morgan fingerprint density at radius 2 is 2.19 bits per heavy atom. The van der Waals surface area contributed by atoms with E-state index in [2.05, 4.69) is 9.97 Å². The molecule has 0 unspecified atom stereocenters. The lowest BCUT2D eigenvalue weighted by Crippen LogP contribution is -1.89. The zero-order valence-electron chi connectivity index (χ0n) is 9.26. The zero-order valence-corrected chi connectivity index (χ0v) is 10.9. The predicted octanol–water partition coefficient (Wildman–Crippen LogP) is 2.81. The fourth-order valence-corrected chi connectivity index (χ4v) is 2.00. The molecule has 2 heterocycles. The van der Waals surface area contributed by atoms with Gasteiger partial charge in [-0.05, 0) is 6.92 Å². The van der Waals surface area contributed by atoms with Gasteiger partial charge in [-0.15, -0.1) is 11.3 Å². The number of carbonyl (C=O) groups is 1. The molecule has 0 spiro atoms. The zero-order chi connectivity index (χ0) is 12.0. The molecule has 0 aliphatic rings. The average Bonchev–Trinajstić information content (AvgIpc) is 2.88. The van der Waals surface area contributed by atoms with E-state index < -0.39 is 0 Å². The standard InChI is InChI=1S/C5H7NOS.C5H5NOS/c1-4-6-3-5(7-2)8-4;1-4(7)5-2-8-3-6-5/h3H,1-2H3;2-3H,1H3. The molecule has 0 amide bonds. The molecule has 0 aliphatic carbocycles. The molecule has 0 fully saturated rings. The number of ketones is 1. The van der Waals surface area contributed by atoms with Gasteiger partial charge in [0.1, 0.15) is 5.69 Å². The van der Waals surface area contributed by atoms with Crippen LogP contribution in [0.15, 0.2) is 17.1 Å². The van der Waals surface area contributed by atoms with Gasteiger partial charge in [-0.2, -0.15) is 0 Å². The highest BCUT2D eigenvalue weighted by molar-refractivity contribution is 7.13. The topological polar surface area (TPSA) is 52.1 Å². The molecule has 2 rings (SSSR count). The van der Waals surface area contributed by atoms with Crippen molar-refractivity contribution in [2.24, 2.45) is 0 Å². The monoisotopic (exact) mass is 256 g/mol. The predicted molar refractivity (Wildman–Crippen MR) is 65.5 cm³/mol. The van der Waals surface area contributed by atoms with Gasteiger partial charge in [0.25, 0.3) is 0 Å². The Bertz CT molecular complexity index is 437. The summed E-state index contributed by atoms with van der Waals surface area (Å²) in [5, 5.41) is 3.66. The average molecular weight is 256 g/mol. The summed E-state index contributed by atoms with van der Waals surface area (Å²) in [6.45, 7) is 3.46. The molecule has 2 aromatic rings. The van der Waals surface area contributed by atoms with E-state index in [9.17, 15) is 4.79 Å². The number of aryl methyl sites for hydroxylation is 1. The highest BCUT2D eigenvalue weighted by Crippen LogP contribution is 2.18. The van der Waals surface area contributed by atoms with Crippen molar-refractivity contribution < 1.29 is 9.53 Å². The van der Waals surface area contributed by atoms with Gasteiger partial charge in [0, 0.05) is 12.3 Å². The van der Waals surface area contributed by atoms with Gasteiger partial charge < -0.3 is 4.74 Å². The number of hydrogen-bond donors (Lipinski definition) is 0. The van der Waals surface area contributed by atoms with Crippen molar-refractivity contribution in [1.29, 1.82) is 0 Å². The van der Waals surface area contributed by atoms with Crippen LogP contribution >= 0.6 is 22.7 Å². The van der Waals surface area contributed by atoms with Crippen LogP contribution in [0.25, 0.3) is 0 Å². The number of aromatic nitrogens is 2. The minimum Gasteiger partial charge on any atom is -0.486 e. The van der Waals surface area contributed by atoms with E-state index in [1.807, 2.05) is 6.92 Å². The van der Waals surface area contributed by atoms with Gasteiger partial charge in [0.2, 0.25) is 0 Å². The van der Waals surface area contributed by atoms with Gasteiger partial charge in [-0.1, -0.05) is 11.3 Å². The van der Waals surface area contributed by atoms with Crippen LogP contribution in [0.2, 0.25) is 0 Å². The Morgan fingerprint density at radius 1 is 1.44 bits per heavy atom. The molecule has 0 saturated heterocycles. The maximum absolute atomic E-state index is 10.5. The van der Waals surface area contributed by atoms with E-state index in [4.69, 9.17) is 4.74 Å². The molecule has 0 saturated carbocycles. The van der Waals surface area contributed by atoms with E-state index in [0.29, 0.717) is 5.69 Å². The number of thiazole rings is 2. The molecule has 2 aromatic heterocycles. The van der Waals surface area contributed by atoms with Crippen LogP contribution in [0.1, 0.15) is 22.4 Å². The Hall–Kier alpha value is -1.27. The number of Topliss-reactive ketones (excluding diaryl/α,β-unsaturated/α-hetero) is 1. The molecular formula is C10H12N2O2S2. The SMILES string of the molecule is CC(=O)c1cscn1.COc1cnc(C)s1. The minimum absolute atomic E-state index is 0.0336. The van der Waals surface area contributed by atoms with Crippen molar-refractivity contribution >= 4 is 28.5 Å². The third kappa shape index (κ3) is 4.08. The van der Waals surface area contributed by atoms with E-state index in [1.54, 1.807) is 35.5 Å². The molecule has 0 N–H and O–H groups in total. The molecule has 0 aliphatic heterocycles. The van der Waals surface area contributed by atoms with Gasteiger partial charge >= 0.3 is 0 Å². The summed E-state index contributed by atoms with van der Waals surface area (Å²) in [7, 11) is 1.65. The first-order valence-electron chi connectivity index (χ1n) is 4.49. The largest absolute Gasteiger partial charge is 0.486 e. The number of methoxy groups -OCH3 is 1. The van der Waals surface area contributed by atoms with Crippen molar-refractivity contribution in [3.05, 3.63) is 27.8 Å². The quantitative estimate of drug-likeness (QED) is 0.775. The maximum Gasteiger partial charge on any atom is 0.193 e. The van der Waals surface area contributed by atoms with Crippen LogP contribution in [0.4, 0.5) is 0 Å². The van der Waals surface area contributed by atoms with Crippen molar-refractivity contribution in [1.82, 2.24) is 9.97 Å². The molecule has 0 radical (unpaired) electrons. The lowest BCUT2D eigenvalue weighted by Gasteiger charge is -1.85. The van der Waals surface area contributed by atoms with Gasteiger partial charge in [-0.25, -0.2) is 9.97 Å². The minimum atomic E-state index is 0.0336. The number of hydrogen-bond acceptors (Lipinski definition) is 6. The summed E-state index contributed by atoms with van der Waals surface area (Å²) in [6.07, 6.45) is 1.72. The molecule has 86 valence electrons. The Kier molecular flexibility index (Phi) is 5.07. The van der Waals surface area contributed by atoms with Crippen LogP contribution < -0.4 is 4.74 Å². The number of carbonyl (C=O) groups excluding carboxylic acids is 1. The summed E-state index contributed by atoms with van der Waals surface area (Å²) in [5.74, 6) is 0.0336. The fourth-order valence-electron chi connectivity index (χ4n) is 0.823. The highest BCUT2D eigenvalue weighted by Gasteiger charge is 1.97. The molecule has 16 heavy (non-hydrogen) atoms. The second-order valence-electron chi connectivity index (χ2n) is 2.83. The van der Waals surface area contributed by atoms with Gasteiger partial charge in [-0.3, -0.25) is 4.79 Å². The van der Waals surface area contributed by atoms with Crippen LogP contribution in [-0.2, 0) is 0 Å². The number of nitrogens with zero attached hydrogens (tertiary/aromatic N) is 2. The van der Waals surface area contributed by atoms with Crippen LogP contribution in [0.3, 0.4) is 0 Å². The van der Waals surface area contributed by atoms with Gasteiger partial charge in [0.15, 0.2) is 10.8 Å². The summed E-state index contributed by atoms with van der Waals surface area (Å²) in [6, 6.07) is 0. The third-order valence-electron chi connectivity index (χ3n) is 1.59. The van der Waals surface area contributed by atoms with Crippen molar-refractivity contribution in [3.63, 3.8) is 0 Å². The number of rotatable bonds is 2. The summed E-state index contributed by atoms with van der Waals surface area (Å²) in [5.41, 5.74) is 2.21. The van der Waals surface area contributed by atoms with Crippen LogP contribution in [0, 0.1) is 6.92 Å². The Labute approximate surface area is 102 Å². The molecule has 0 bridgehead atoms. The Morgan fingerprint density at radius 3 is 2.44 bits per heavy atom. The molecule has 6 heteroatoms. The normalized spacial score (nSPS) is 9.19. The van der Waals surface area contributed by atoms with Gasteiger partial charge in [0.05, 0.1) is 23.8 Å². The first-order chi connectivity index (χ1) is 7.63. The second kappa shape index (κ2) is 6.34. The maximum atomic E-state index is 10.5. The van der Waals surface area contributed by atoms with E-state index in [-0.39, 0.29) is 5.78 Å². The van der Waals surface area contributed by atoms with Crippen molar-refractivity contribution in [2.75, 3.05) is 7.11 Å². The number of ether oxygens (including phenoxy) is 1. The van der Waals surface area contributed by atoms with E-state index in [1.165, 1.54) is 18.3 Å². The molecule has 0 aromatic carbocycles. The van der Waals surface area contributed by atoms with Crippen molar-refractivity contribution in [2.45, 2.75) is 13.8 Å². The third-order valence-corrected chi connectivity index (χ3v) is 3.05. The second-order valence-corrected chi connectivity index (χ2v) is 4.75. The fraction of sp³-hybridized carbons (Fsp3) is 0.300. The summed E-state index contributed by atoms with van der Waals surface area (Å²) in [4.78, 5) is 18.2. The van der Waals surface area contributed by atoms with Crippen LogP contribution in [0.5, 0.6) is 5.06 Å². The van der Waals surface area contributed by atoms with E-state index >= 15 is 0 Å². The van der Waals surface area contributed by atoms with E-state index in [0.717, 1.165) is 10.1 Å². The first kappa shape index (κ1) is 12.8. The molecule has 0 atom stereocenters. The smallest absolute Gasteiger partial charge is 0.193 e. The summed E-state index contributed by atoms with van der Waals surface area (Å²) < 4.78 is 4.89. The lowest BCUT2D eigenvalue weighted by molar-refractivity contribution is 0.101. The highest BCUT2D eigenvalue weighted by atomic mass is 32.1. The molecule has 4 nitrogen and oxygen atoms in total. The van der Waals surface area contributed by atoms with Crippen LogP contribution in [-0.4, -0.2) is 22.9 Å².